The lowest BCUT2D eigenvalue weighted by atomic mass is 10.1. The minimum Gasteiger partial charge on any atom is -0.462 e. The van der Waals surface area contributed by atoms with Gasteiger partial charge in [-0.2, -0.15) is 5.26 Å². The standard InChI is InChI=1S/C20H17N3O5S2/c1-2-27-18(25)16-12(11(9-21)17(22)29-16)10-28-19(26)20-8-7-15(24)23(20)13-5-3-4-6-14(13)30-20/h3-6H,2,7-8,10,22H2,1H3/t20-/m0/s1. The van der Waals surface area contributed by atoms with Crippen molar-refractivity contribution < 1.29 is 23.9 Å². The second-order valence-electron chi connectivity index (χ2n) is 6.64. The van der Waals surface area contributed by atoms with E-state index >= 15 is 0 Å². The highest BCUT2D eigenvalue weighted by Gasteiger charge is 2.58. The average Bonchev–Trinajstić information content (AvgIpc) is 3.36. The normalized spacial score (nSPS) is 19.2. The molecule has 1 fully saturated rings. The van der Waals surface area contributed by atoms with Crippen molar-refractivity contribution in [3.05, 3.63) is 40.3 Å². The molecule has 2 aromatic rings. The number of fused-ring (bicyclic) bond motifs is 3. The Bertz CT molecular complexity index is 1110. The van der Waals surface area contributed by atoms with Gasteiger partial charge in [-0.15, -0.1) is 11.3 Å². The van der Waals surface area contributed by atoms with E-state index in [1.807, 2.05) is 24.3 Å². The summed E-state index contributed by atoms with van der Waals surface area (Å²) in [6.45, 7) is 1.51. The minimum absolute atomic E-state index is 0.0927. The number of thioether (sulfide) groups is 1. The summed E-state index contributed by atoms with van der Waals surface area (Å²) in [7, 11) is 0. The van der Waals surface area contributed by atoms with Crippen molar-refractivity contribution in [2.24, 2.45) is 0 Å². The van der Waals surface area contributed by atoms with Crippen LogP contribution in [0.1, 0.15) is 40.6 Å². The Morgan fingerprint density at radius 2 is 2.10 bits per heavy atom. The molecule has 3 heterocycles. The Balaban J connectivity index is 1.61. The molecule has 1 aromatic heterocycles. The third-order valence-electron chi connectivity index (χ3n) is 4.95. The number of amides is 1. The van der Waals surface area contributed by atoms with E-state index in [9.17, 15) is 19.6 Å². The van der Waals surface area contributed by atoms with E-state index in [1.54, 1.807) is 13.0 Å². The van der Waals surface area contributed by atoms with Gasteiger partial charge in [-0.05, 0) is 19.1 Å². The number of nitriles is 1. The zero-order valence-corrected chi connectivity index (χ0v) is 17.6. The van der Waals surface area contributed by atoms with Crippen LogP contribution < -0.4 is 10.6 Å². The first-order chi connectivity index (χ1) is 14.4. The molecule has 154 valence electrons. The number of carbonyl (C=O) groups excluding carboxylic acids is 3. The third-order valence-corrected chi connectivity index (χ3v) is 7.44. The number of esters is 2. The van der Waals surface area contributed by atoms with Crippen molar-refractivity contribution in [3.63, 3.8) is 0 Å². The molecule has 1 amide bonds. The summed E-state index contributed by atoms with van der Waals surface area (Å²) in [6, 6.07) is 9.26. The third kappa shape index (κ3) is 3.02. The highest BCUT2D eigenvalue weighted by molar-refractivity contribution is 8.02. The summed E-state index contributed by atoms with van der Waals surface area (Å²) in [5, 5.41) is 9.59. The maximum absolute atomic E-state index is 13.2. The highest BCUT2D eigenvalue weighted by Crippen LogP contribution is 2.56. The van der Waals surface area contributed by atoms with E-state index in [2.05, 4.69) is 0 Å². The number of nitrogens with two attached hydrogens (primary N) is 1. The molecule has 0 spiro atoms. The molecule has 10 heteroatoms. The van der Waals surface area contributed by atoms with E-state index in [0.717, 1.165) is 16.2 Å². The van der Waals surface area contributed by atoms with Crippen LogP contribution in [0, 0.1) is 11.3 Å². The van der Waals surface area contributed by atoms with Crippen LogP contribution in [-0.2, 0) is 25.7 Å². The minimum atomic E-state index is -1.18. The molecule has 2 aliphatic heterocycles. The van der Waals surface area contributed by atoms with Crippen LogP contribution in [0.25, 0.3) is 0 Å². The lowest BCUT2D eigenvalue weighted by molar-refractivity contribution is -0.148. The number of carbonyl (C=O) groups is 3. The van der Waals surface area contributed by atoms with E-state index < -0.39 is 16.8 Å². The fraction of sp³-hybridized carbons (Fsp3) is 0.300. The number of hydrogen-bond donors (Lipinski definition) is 1. The molecular formula is C20H17N3O5S2. The second kappa shape index (κ2) is 7.66. The van der Waals surface area contributed by atoms with Crippen LogP contribution in [0.4, 0.5) is 10.7 Å². The molecule has 30 heavy (non-hydrogen) atoms. The van der Waals surface area contributed by atoms with E-state index in [-0.39, 0.29) is 46.5 Å². The second-order valence-corrected chi connectivity index (χ2v) is 9.01. The summed E-state index contributed by atoms with van der Waals surface area (Å²) >= 11 is 2.21. The highest BCUT2D eigenvalue weighted by atomic mass is 32.2. The molecule has 1 aromatic carbocycles. The zero-order chi connectivity index (χ0) is 21.5. The summed E-state index contributed by atoms with van der Waals surface area (Å²) in [5.41, 5.74) is 6.87. The van der Waals surface area contributed by atoms with Gasteiger partial charge in [0.15, 0.2) is 4.87 Å². The van der Waals surface area contributed by atoms with Crippen LogP contribution in [0.5, 0.6) is 0 Å². The quantitative estimate of drug-likeness (QED) is 0.700. The predicted molar refractivity (Wildman–Crippen MR) is 111 cm³/mol. The summed E-state index contributed by atoms with van der Waals surface area (Å²) in [4.78, 5) is 39.2. The van der Waals surface area contributed by atoms with Crippen LogP contribution in [0.3, 0.4) is 0 Å². The Morgan fingerprint density at radius 1 is 1.33 bits per heavy atom. The fourth-order valence-corrected chi connectivity index (χ4v) is 5.96. The Kier molecular flexibility index (Phi) is 5.17. The molecule has 0 unspecified atom stereocenters. The zero-order valence-electron chi connectivity index (χ0n) is 16.0. The van der Waals surface area contributed by atoms with Crippen LogP contribution >= 0.6 is 23.1 Å². The molecule has 0 aliphatic carbocycles. The molecule has 0 bridgehead atoms. The van der Waals surface area contributed by atoms with E-state index in [1.165, 1.54) is 16.7 Å². The number of anilines is 2. The van der Waals surface area contributed by atoms with Crippen molar-refractivity contribution in [2.45, 2.75) is 36.1 Å². The number of hydrogen-bond acceptors (Lipinski definition) is 9. The van der Waals surface area contributed by atoms with Gasteiger partial charge in [0.25, 0.3) is 0 Å². The van der Waals surface area contributed by atoms with Gasteiger partial charge < -0.3 is 15.2 Å². The lowest BCUT2D eigenvalue weighted by Gasteiger charge is -2.28. The smallest absolute Gasteiger partial charge is 0.348 e. The average molecular weight is 444 g/mol. The first-order valence-corrected chi connectivity index (χ1v) is 10.8. The maximum Gasteiger partial charge on any atom is 0.348 e. The van der Waals surface area contributed by atoms with Crippen molar-refractivity contribution in [1.82, 2.24) is 0 Å². The molecule has 2 aliphatic rings. The lowest BCUT2D eigenvalue weighted by Crippen LogP contribution is -2.47. The number of benzene rings is 1. The number of para-hydroxylation sites is 1. The molecule has 4 rings (SSSR count). The Hall–Kier alpha value is -3.03. The Morgan fingerprint density at radius 3 is 2.83 bits per heavy atom. The molecule has 0 radical (unpaired) electrons. The SMILES string of the molecule is CCOC(=O)c1sc(N)c(C#N)c1COC(=O)[C@@]12CCC(=O)N1c1ccccc1S2. The van der Waals surface area contributed by atoms with Gasteiger partial charge in [0, 0.05) is 23.3 Å². The molecule has 1 atom stereocenters. The summed E-state index contributed by atoms with van der Waals surface area (Å²) in [6.07, 6.45) is 0.547. The first kappa shape index (κ1) is 20.3. The molecular weight excluding hydrogens is 426 g/mol. The Labute approximate surface area is 180 Å². The van der Waals surface area contributed by atoms with Gasteiger partial charge >= 0.3 is 11.9 Å². The fourth-order valence-electron chi connectivity index (χ4n) is 3.63. The monoisotopic (exact) mass is 443 g/mol. The van der Waals surface area contributed by atoms with Crippen molar-refractivity contribution >= 4 is 51.6 Å². The number of rotatable bonds is 5. The number of nitrogens with zero attached hydrogens (tertiary/aromatic N) is 2. The molecule has 1 saturated heterocycles. The number of ether oxygens (including phenoxy) is 2. The predicted octanol–water partition coefficient (Wildman–Crippen LogP) is 3.05. The van der Waals surface area contributed by atoms with Gasteiger partial charge in [-0.3, -0.25) is 9.69 Å². The first-order valence-electron chi connectivity index (χ1n) is 9.19. The van der Waals surface area contributed by atoms with E-state index in [0.29, 0.717) is 12.1 Å². The van der Waals surface area contributed by atoms with Crippen LogP contribution in [-0.4, -0.2) is 29.3 Å². The van der Waals surface area contributed by atoms with Gasteiger partial charge in [0.05, 0.1) is 17.9 Å². The van der Waals surface area contributed by atoms with E-state index in [4.69, 9.17) is 15.2 Å². The number of nitrogen functional groups attached to an aromatic ring is 1. The van der Waals surface area contributed by atoms with Crippen molar-refractivity contribution in [2.75, 3.05) is 17.2 Å². The topological polar surface area (TPSA) is 123 Å². The summed E-state index contributed by atoms with van der Waals surface area (Å²) < 4.78 is 10.6. The number of thiophene rings is 1. The van der Waals surface area contributed by atoms with Gasteiger partial charge in [-0.1, -0.05) is 23.9 Å². The molecule has 8 nitrogen and oxygen atoms in total. The van der Waals surface area contributed by atoms with Crippen molar-refractivity contribution in [3.8, 4) is 6.07 Å². The molecule has 2 N–H and O–H groups in total. The maximum atomic E-state index is 13.2. The van der Waals surface area contributed by atoms with Crippen LogP contribution in [0.2, 0.25) is 0 Å². The van der Waals surface area contributed by atoms with Gasteiger partial charge in [0.1, 0.15) is 22.6 Å². The van der Waals surface area contributed by atoms with Gasteiger partial charge in [-0.25, -0.2) is 9.59 Å². The van der Waals surface area contributed by atoms with Crippen molar-refractivity contribution in [1.29, 1.82) is 5.26 Å². The van der Waals surface area contributed by atoms with Crippen LogP contribution in [0.15, 0.2) is 29.2 Å². The summed E-state index contributed by atoms with van der Waals surface area (Å²) in [5.74, 6) is -1.37. The largest absolute Gasteiger partial charge is 0.462 e. The molecule has 0 saturated carbocycles. The van der Waals surface area contributed by atoms with Gasteiger partial charge in [0.2, 0.25) is 5.91 Å².